The fourth-order valence-electron chi connectivity index (χ4n) is 2.09. The monoisotopic (exact) mass is 287 g/mol. The van der Waals surface area contributed by atoms with Crippen molar-refractivity contribution < 1.29 is 9.84 Å². The normalized spacial score (nSPS) is 10.4. The lowest BCUT2D eigenvalue weighted by Gasteiger charge is -2.13. The summed E-state index contributed by atoms with van der Waals surface area (Å²) in [4.78, 5) is 8.48. The molecule has 21 heavy (non-hydrogen) atoms. The number of anilines is 1. The van der Waals surface area contributed by atoms with E-state index in [9.17, 15) is 0 Å². The van der Waals surface area contributed by atoms with Gasteiger partial charge in [-0.15, -0.1) is 0 Å². The predicted molar refractivity (Wildman–Crippen MR) is 82.9 cm³/mol. The van der Waals surface area contributed by atoms with Gasteiger partial charge in [-0.2, -0.15) is 0 Å². The molecular formula is C16H21N3O2. The predicted octanol–water partition coefficient (Wildman–Crippen LogP) is 2.80. The van der Waals surface area contributed by atoms with Crippen molar-refractivity contribution in [2.24, 2.45) is 0 Å². The van der Waals surface area contributed by atoms with E-state index in [4.69, 9.17) is 9.84 Å². The topological polar surface area (TPSA) is 67.3 Å². The van der Waals surface area contributed by atoms with Gasteiger partial charge in [0.05, 0.1) is 5.56 Å². The van der Waals surface area contributed by atoms with Gasteiger partial charge in [-0.05, 0) is 37.5 Å². The summed E-state index contributed by atoms with van der Waals surface area (Å²) in [6, 6.07) is 7.67. The van der Waals surface area contributed by atoms with Crippen LogP contribution < -0.4 is 10.1 Å². The van der Waals surface area contributed by atoms with Crippen LogP contribution in [0.25, 0.3) is 0 Å². The van der Waals surface area contributed by atoms with Crippen LogP contribution in [0.5, 0.6) is 11.6 Å². The van der Waals surface area contributed by atoms with Crippen LogP contribution in [0.3, 0.4) is 0 Å². The average molecular weight is 287 g/mol. The van der Waals surface area contributed by atoms with Crippen molar-refractivity contribution in [2.75, 3.05) is 18.5 Å². The van der Waals surface area contributed by atoms with Crippen LogP contribution in [0, 0.1) is 0 Å². The van der Waals surface area contributed by atoms with Crippen LogP contribution in [0.4, 0.5) is 5.82 Å². The largest absolute Gasteiger partial charge is 0.439 e. The zero-order chi connectivity index (χ0) is 15.1. The van der Waals surface area contributed by atoms with E-state index in [1.807, 2.05) is 31.2 Å². The van der Waals surface area contributed by atoms with E-state index >= 15 is 0 Å². The Morgan fingerprint density at radius 1 is 1.14 bits per heavy atom. The third-order valence-corrected chi connectivity index (χ3v) is 3.14. The van der Waals surface area contributed by atoms with E-state index in [2.05, 4.69) is 22.2 Å². The molecule has 0 aliphatic carbocycles. The van der Waals surface area contributed by atoms with Gasteiger partial charge in [0.15, 0.2) is 0 Å². The molecule has 5 heteroatoms. The van der Waals surface area contributed by atoms with E-state index in [1.165, 1.54) is 6.33 Å². The molecule has 0 radical (unpaired) electrons. The Balaban J connectivity index is 2.20. The molecule has 0 saturated carbocycles. The fraction of sp³-hybridized carbons (Fsp3) is 0.375. The second kappa shape index (κ2) is 7.59. The third kappa shape index (κ3) is 3.92. The summed E-state index contributed by atoms with van der Waals surface area (Å²) in [6.45, 7) is 5.04. The first kappa shape index (κ1) is 15.3. The molecule has 2 aromatic rings. The first-order valence-corrected chi connectivity index (χ1v) is 7.23. The fourth-order valence-corrected chi connectivity index (χ4v) is 2.09. The molecule has 0 fully saturated rings. The van der Waals surface area contributed by atoms with Gasteiger partial charge >= 0.3 is 0 Å². The number of nitrogens with one attached hydrogen (secondary N) is 1. The minimum atomic E-state index is 0.151. The molecular weight excluding hydrogens is 266 g/mol. The van der Waals surface area contributed by atoms with E-state index in [-0.39, 0.29) is 6.61 Å². The molecule has 0 unspecified atom stereocenters. The second-order valence-corrected chi connectivity index (χ2v) is 4.61. The lowest BCUT2D eigenvalue weighted by molar-refractivity contribution is 0.299. The van der Waals surface area contributed by atoms with Crippen LogP contribution in [0.15, 0.2) is 30.6 Å². The van der Waals surface area contributed by atoms with Gasteiger partial charge in [-0.3, -0.25) is 0 Å². The Morgan fingerprint density at radius 3 is 2.52 bits per heavy atom. The highest BCUT2D eigenvalue weighted by atomic mass is 16.5. The summed E-state index contributed by atoms with van der Waals surface area (Å²) < 4.78 is 5.87. The van der Waals surface area contributed by atoms with Gasteiger partial charge in [0, 0.05) is 13.2 Å². The highest BCUT2D eigenvalue weighted by Gasteiger charge is 2.11. The third-order valence-electron chi connectivity index (χ3n) is 3.14. The lowest BCUT2D eigenvalue weighted by Crippen LogP contribution is -2.05. The zero-order valence-electron chi connectivity index (χ0n) is 12.5. The second-order valence-electron chi connectivity index (χ2n) is 4.61. The van der Waals surface area contributed by atoms with Crippen molar-refractivity contribution in [1.82, 2.24) is 9.97 Å². The van der Waals surface area contributed by atoms with E-state index in [0.29, 0.717) is 12.3 Å². The number of aromatic nitrogens is 2. The standard InChI is InChI=1S/C16H21N3O2/c1-3-14-15(17-4-2)18-11-19-16(14)21-13-7-5-12(6-8-13)9-10-20/h5-8,11,20H,3-4,9-10H2,1-2H3,(H,17,18,19). The van der Waals surface area contributed by atoms with Gasteiger partial charge in [0.25, 0.3) is 0 Å². The number of benzene rings is 1. The number of hydrogen-bond acceptors (Lipinski definition) is 5. The van der Waals surface area contributed by atoms with E-state index in [1.54, 1.807) is 0 Å². The Kier molecular flexibility index (Phi) is 5.51. The van der Waals surface area contributed by atoms with Crippen LogP contribution >= 0.6 is 0 Å². The van der Waals surface area contributed by atoms with Gasteiger partial charge in [0.2, 0.25) is 5.88 Å². The summed E-state index contributed by atoms with van der Waals surface area (Å²) in [5.74, 6) is 2.13. The Hall–Kier alpha value is -2.14. The van der Waals surface area contributed by atoms with Crippen molar-refractivity contribution in [3.05, 3.63) is 41.7 Å². The molecule has 0 aliphatic rings. The SMILES string of the molecule is CCNc1ncnc(Oc2ccc(CCO)cc2)c1CC. The first-order valence-electron chi connectivity index (χ1n) is 7.23. The smallest absolute Gasteiger partial charge is 0.227 e. The molecule has 0 atom stereocenters. The van der Waals surface area contributed by atoms with Crippen LogP contribution in [0.2, 0.25) is 0 Å². The summed E-state index contributed by atoms with van der Waals surface area (Å²) in [7, 11) is 0. The Bertz CT molecular complexity index is 570. The summed E-state index contributed by atoms with van der Waals surface area (Å²) in [6.07, 6.45) is 2.95. The number of ether oxygens (including phenoxy) is 1. The van der Waals surface area contributed by atoms with Crippen LogP contribution in [-0.4, -0.2) is 28.2 Å². The van der Waals surface area contributed by atoms with Crippen LogP contribution in [-0.2, 0) is 12.8 Å². The van der Waals surface area contributed by atoms with Crippen molar-refractivity contribution in [2.45, 2.75) is 26.7 Å². The van der Waals surface area contributed by atoms with Gasteiger partial charge < -0.3 is 15.2 Å². The number of nitrogens with zero attached hydrogens (tertiary/aromatic N) is 2. The van der Waals surface area contributed by atoms with E-state index < -0.39 is 0 Å². The maximum absolute atomic E-state index is 8.92. The van der Waals surface area contributed by atoms with Gasteiger partial charge in [-0.1, -0.05) is 19.1 Å². The van der Waals surface area contributed by atoms with Crippen molar-refractivity contribution in [1.29, 1.82) is 0 Å². The molecule has 1 aromatic carbocycles. The summed E-state index contributed by atoms with van der Waals surface area (Å²) >= 11 is 0. The minimum Gasteiger partial charge on any atom is -0.439 e. The summed E-state index contributed by atoms with van der Waals surface area (Å²) in [5.41, 5.74) is 2.05. The highest BCUT2D eigenvalue weighted by Crippen LogP contribution is 2.27. The molecule has 1 aromatic heterocycles. The molecule has 0 amide bonds. The Morgan fingerprint density at radius 2 is 1.90 bits per heavy atom. The molecule has 5 nitrogen and oxygen atoms in total. The molecule has 0 spiro atoms. The Labute approximate surface area is 125 Å². The molecule has 2 rings (SSSR count). The average Bonchev–Trinajstić information content (AvgIpc) is 2.50. The number of aliphatic hydroxyl groups is 1. The maximum atomic E-state index is 8.92. The zero-order valence-corrected chi connectivity index (χ0v) is 12.5. The minimum absolute atomic E-state index is 0.151. The van der Waals surface area contributed by atoms with Gasteiger partial charge in [-0.25, -0.2) is 9.97 Å². The van der Waals surface area contributed by atoms with E-state index in [0.717, 1.165) is 35.7 Å². The first-order chi connectivity index (χ1) is 10.3. The molecule has 2 N–H and O–H groups in total. The van der Waals surface area contributed by atoms with Crippen molar-refractivity contribution >= 4 is 5.82 Å². The molecule has 0 saturated heterocycles. The number of aliphatic hydroxyl groups excluding tert-OH is 1. The number of hydrogen-bond donors (Lipinski definition) is 2. The van der Waals surface area contributed by atoms with Crippen LogP contribution in [0.1, 0.15) is 25.0 Å². The molecule has 0 bridgehead atoms. The maximum Gasteiger partial charge on any atom is 0.227 e. The molecule has 1 heterocycles. The lowest BCUT2D eigenvalue weighted by atomic mass is 10.1. The summed E-state index contributed by atoms with van der Waals surface area (Å²) in [5, 5.41) is 12.1. The van der Waals surface area contributed by atoms with Crippen molar-refractivity contribution in [3.63, 3.8) is 0 Å². The molecule has 0 aliphatic heterocycles. The molecule has 112 valence electrons. The highest BCUT2D eigenvalue weighted by molar-refractivity contribution is 5.49. The van der Waals surface area contributed by atoms with Gasteiger partial charge in [0.1, 0.15) is 17.9 Å². The number of rotatable bonds is 7. The quantitative estimate of drug-likeness (QED) is 0.819. The van der Waals surface area contributed by atoms with Crippen molar-refractivity contribution in [3.8, 4) is 11.6 Å².